The van der Waals surface area contributed by atoms with E-state index >= 15 is 0 Å². The fraction of sp³-hybridized carbons (Fsp3) is 0.286. The van der Waals surface area contributed by atoms with Gasteiger partial charge in [-0.2, -0.15) is 13.2 Å². The number of nitrogens with zero attached hydrogens (tertiary/aromatic N) is 1. The molecular weight excluding hydrogens is 271 g/mol. The van der Waals surface area contributed by atoms with E-state index < -0.39 is 23.3 Å². The average Bonchev–Trinajstić information content (AvgIpc) is 2.46. The lowest BCUT2D eigenvalue weighted by molar-refractivity contribution is -0.138. The maximum absolute atomic E-state index is 13.0. The molecule has 6 heteroatoms. The number of ether oxygens (including phenoxy) is 1. The molecule has 0 atom stereocenters. The molecule has 2 rings (SSSR count). The van der Waals surface area contributed by atoms with Crippen LogP contribution >= 0.6 is 0 Å². The van der Waals surface area contributed by atoms with Crippen LogP contribution in [0.5, 0.6) is 0 Å². The fourth-order valence-electron chi connectivity index (χ4n) is 1.97. The number of rotatable bonds is 2. The third-order valence-corrected chi connectivity index (χ3v) is 2.96. The van der Waals surface area contributed by atoms with Gasteiger partial charge in [-0.25, -0.2) is 4.79 Å². The minimum Gasteiger partial charge on any atom is -0.465 e. The van der Waals surface area contributed by atoms with Gasteiger partial charge in [0, 0.05) is 12.6 Å². The van der Waals surface area contributed by atoms with Crippen molar-refractivity contribution in [1.82, 2.24) is 0 Å². The molecule has 0 spiro atoms. The van der Waals surface area contributed by atoms with Crippen molar-refractivity contribution in [2.24, 2.45) is 4.99 Å². The van der Waals surface area contributed by atoms with Crippen molar-refractivity contribution in [2.75, 3.05) is 13.7 Å². The largest absolute Gasteiger partial charge is 0.465 e. The van der Waals surface area contributed by atoms with Crippen LogP contribution in [0.2, 0.25) is 0 Å². The Morgan fingerprint density at radius 2 is 2.10 bits per heavy atom. The van der Waals surface area contributed by atoms with Gasteiger partial charge in [0.25, 0.3) is 0 Å². The number of methoxy groups -OCH3 is 1. The highest BCUT2D eigenvalue weighted by Gasteiger charge is 2.36. The van der Waals surface area contributed by atoms with Gasteiger partial charge in [-0.3, -0.25) is 4.99 Å². The molecule has 0 amide bonds. The molecule has 20 heavy (non-hydrogen) atoms. The first-order valence-corrected chi connectivity index (χ1v) is 5.90. The van der Waals surface area contributed by atoms with Crippen LogP contribution in [0.25, 0.3) is 5.57 Å². The Morgan fingerprint density at radius 3 is 2.65 bits per heavy atom. The Kier molecular flexibility index (Phi) is 3.92. The molecule has 1 aromatic rings. The zero-order valence-electron chi connectivity index (χ0n) is 10.7. The smallest absolute Gasteiger partial charge is 0.417 e. The van der Waals surface area contributed by atoms with E-state index in [2.05, 4.69) is 9.73 Å². The third kappa shape index (κ3) is 2.89. The van der Waals surface area contributed by atoms with Gasteiger partial charge < -0.3 is 4.74 Å². The molecule has 1 heterocycles. The van der Waals surface area contributed by atoms with Crippen molar-refractivity contribution in [3.63, 3.8) is 0 Å². The second kappa shape index (κ2) is 5.48. The second-order valence-electron chi connectivity index (χ2n) is 4.24. The van der Waals surface area contributed by atoms with Crippen LogP contribution in [-0.2, 0) is 10.9 Å². The van der Waals surface area contributed by atoms with E-state index in [1.807, 2.05) is 6.08 Å². The fourth-order valence-corrected chi connectivity index (χ4v) is 1.97. The van der Waals surface area contributed by atoms with Gasteiger partial charge >= 0.3 is 12.1 Å². The predicted molar refractivity (Wildman–Crippen MR) is 68.7 cm³/mol. The molecule has 0 unspecified atom stereocenters. The summed E-state index contributed by atoms with van der Waals surface area (Å²) in [5.41, 5.74) is -0.336. The van der Waals surface area contributed by atoms with E-state index in [9.17, 15) is 18.0 Å². The number of alkyl halides is 3. The molecule has 0 radical (unpaired) electrons. The first-order chi connectivity index (χ1) is 9.43. The number of allylic oxidation sites excluding steroid dienone is 1. The molecule has 1 aliphatic heterocycles. The van der Waals surface area contributed by atoms with Crippen LogP contribution in [-0.4, -0.2) is 25.8 Å². The molecule has 1 aromatic carbocycles. The number of hydrogen-bond donors (Lipinski definition) is 0. The van der Waals surface area contributed by atoms with E-state index in [0.29, 0.717) is 18.5 Å². The topological polar surface area (TPSA) is 38.7 Å². The molecule has 0 bridgehead atoms. The minimum absolute atomic E-state index is 0.342. The Hall–Kier alpha value is -2.11. The molecule has 0 saturated carbocycles. The number of benzene rings is 1. The molecule has 0 aliphatic carbocycles. The van der Waals surface area contributed by atoms with Crippen LogP contribution in [0, 0.1) is 0 Å². The molecule has 0 N–H and O–H groups in total. The van der Waals surface area contributed by atoms with E-state index in [1.165, 1.54) is 6.07 Å². The second-order valence-corrected chi connectivity index (χ2v) is 4.24. The molecule has 0 aromatic heterocycles. The zero-order valence-corrected chi connectivity index (χ0v) is 10.7. The molecule has 106 valence electrons. The summed E-state index contributed by atoms with van der Waals surface area (Å²) in [7, 11) is 1.05. The van der Waals surface area contributed by atoms with E-state index in [0.717, 1.165) is 24.8 Å². The summed E-state index contributed by atoms with van der Waals surface area (Å²) in [5.74, 6) is -1.00. The standard InChI is InChI=1S/C14H12F3NO2/c1-20-13(19)11-5-4-9(7-12(11)14(15,16)17)10-3-2-6-18-8-10/h3-7H,2,8H2,1H3. The number of dihydropyridines is 1. The third-order valence-electron chi connectivity index (χ3n) is 2.96. The SMILES string of the molecule is COC(=O)c1ccc(C2=CCC=NC2)cc1C(F)(F)F. The highest BCUT2D eigenvalue weighted by molar-refractivity contribution is 5.92. The monoisotopic (exact) mass is 283 g/mol. The van der Waals surface area contributed by atoms with Gasteiger partial charge in [0.2, 0.25) is 0 Å². The summed E-state index contributed by atoms with van der Waals surface area (Å²) >= 11 is 0. The molecule has 3 nitrogen and oxygen atoms in total. The summed E-state index contributed by atoms with van der Waals surface area (Å²) in [6.07, 6.45) is -0.495. The average molecular weight is 283 g/mol. The van der Waals surface area contributed by atoms with Crippen molar-refractivity contribution in [2.45, 2.75) is 12.6 Å². The zero-order chi connectivity index (χ0) is 14.8. The Morgan fingerprint density at radius 1 is 1.35 bits per heavy atom. The molecule has 0 fully saturated rings. The number of aliphatic imine (C=N–C) groups is 1. The van der Waals surface area contributed by atoms with Crippen LogP contribution < -0.4 is 0 Å². The predicted octanol–water partition coefficient (Wildman–Crippen LogP) is 3.35. The first-order valence-electron chi connectivity index (χ1n) is 5.90. The van der Waals surface area contributed by atoms with Gasteiger partial charge in [0.1, 0.15) is 0 Å². The van der Waals surface area contributed by atoms with Crippen LogP contribution in [0.4, 0.5) is 13.2 Å². The summed E-state index contributed by atoms with van der Waals surface area (Å²) in [5, 5.41) is 0. The summed E-state index contributed by atoms with van der Waals surface area (Å²) in [6, 6.07) is 3.59. The minimum atomic E-state index is -4.61. The Balaban J connectivity index is 2.49. The Labute approximate surface area is 113 Å². The number of carbonyl (C=O) groups excluding carboxylic acids is 1. The van der Waals surface area contributed by atoms with Gasteiger partial charge in [0.15, 0.2) is 0 Å². The van der Waals surface area contributed by atoms with Crippen molar-refractivity contribution in [1.29, 1.82) is 0 Å². The first kappa shape index (κ1) is 14.3. The number of hydrogen-bond acceptors (Lipinski definition) is 3. The highest BCUT2D eigenvalue weighted by Crippen LogP contribution is 2.34. The van der Waals surface area contributed by atoms with E-state index in [1.54, 1.807) is 6.21 Å². The van der Waals surface area contributed by atoms with Crippen molar-refractivity contribution >= 4 is 17.8 Å². The lowest BCUT2D eigenvalue weighted by Gasteiger charge is -2.15. The number of carbonyl (C=O) groups is 1. The van der Waals surface area contributed by atoms with Crippen molar-refractivity contribution in [3.8, 4) is 0 Å². The maximum Gasteiger partial charge on any atom is 0.417 e. The summed E-state index contributed by atoms with van der Waals surface area (Å²) < 4.78 is 43.5. The lowest BCUT2D eigenvalue weighted by Crippen LogP contribution is -2.15. The molecule has 1 aliphatic rings. The van der Waals surface area contributed by atoms with Gasteiger partial charge in [-0.05, 0) is 23.3 Å². The molecule has 0 saturated heterocycles. The Bertz CT molecular complexity index is 589. The van der Waals surface area contributed by atoms with Crippen LogP contribution in [0.15, 0.2) is 29.3 Å². The van der Waals surface area contributed by atoms with E-state index in [4.69, 9.17) is 0 Å². The van der Waals surface area contributed by atoms with Gasteiger partial charge in [-0.1, -0.05) is 12.1 Å². The van der Waals surface area contributed by atoms with Crippen LogP contribution in [0.1, 0.15) is 27.9 Å². The quantitative estimate of drug-likeness (QED) is 0.781. The van der Waals surface area contributed by atoms with Crippen molar-refractivity contribution in [3.05, 3.63) is 41.0 Å². The van der Waals surface area contributed by atoms with E-state index in [-0.39, 0.29) is 0 Å². The molecular formula is C14H12F3NO2. The highest BCUT2D eigenvalue weighted by atomic mass is 19.4. The summed E-state index contributed by atoms with van der Waals surface area (Å²) in [6.45, 7) is 0.342. The van der Waals surface area contributed by atoms with Crippen molar-refractivity contribution < 1.29 is 22.7 Å². The van der Waals surface area contributed by atoms with Gasteiger partial charge in [-0.15, -0.1) is 0 Å². The maximum atomic E-state index is 13.0. The normalized spacial score (nSPS) is 14.9. The van der Waals surface area contributed by atoms with Gasteiger partial charge in [0.05, 0.1) is 24.8 Å². The lowest BCUT2D eigenvalue weighted by atomic mass is 9.97. The summed E-state index contributed by atoms with van der Waals surface area (Å²) in [4.78, 5) is 15.4. The number of halogens is 3. The van der Waals surface area contributed by atoms with Crippen LogP contribution in [0.3, 0.4) is 0 Å². The number of esters is 1.